The van der Waals surface area contributed by atoms with Gasteiger partial charge >= 0.3 is 5.97 Å². The molecule has 3 rings (SSSR count). The summed E-state index contributed by atoms with van der Waals surface area (Å²) in [4.78, 5) is 15.7. The Morgan fingerprint density at radius 2 is 1.81 bits per heavy atom. The molecule has 0 aliphatic carbocycles. The first-order valence-electron chi connectivity index (χ1n) is 9.94. The van der Waals surface area contributed by atoms with Crippen molar-refractivity contribution in [2.45, 2.75) is 36.9 Å². The van der Waals surface area contributed by atoms with Crippen LogP contribution in [0.1, 0.15) is 25.2 Å². The molecule has 31 heavy (non-hydrogen) atoms. The molecule has 0 amide bonds. The third-order valence-corrected chi connectivity index (χ3v) is 7.25. The number of hydrogen-bond acceptors (Lipinski definition) is 9. The van der Waals surface area contributed by atoms with Crippen LogP contribution in [0.3, 0.4) is 0 Å². The molecule has 0 N–H and O–H groups in total. The number of methoxy groups -OCH3 is 3. The topological polar surface area (TPSA) is 121 Å². The maximum atomic E-state index is 13.0. The van der Waals surface area contributed by atoms with Gasteiger partial charge in [0, 0.05) is 45.2 Å². The number of hydrogen-bond donors (Lipinski definition) is 0. The molecule has 0 unspecified atom stereocenters. The summed E-state index contributed by atoms with van der Waals surface area (Å²) in [5.74, 6) is 0.439. The predicted molar refractivity (Wildman–Crippen MR) is 109 cm³/mol. The Balaban J connectivity index is 1.64. The summed E-state index contributed by atoms with van der Waals surface area (Å²) in [6, 6.07) is 6.35. The summed E-state index contributed by atoms with van der Waals surface area (Å²) >= 11 is 0. The van der Waals surface area contributed by atoms with Gasteiger partial charge in [0.15, 0.2) is 6.29 Å². The van der Waals surface area contributed by atoms with Crippen molar-refractivity contribution in [2.75, 3.05) is 34.4 Å². The lowest BCUT2D eigenvalue weighted by Gasteiger charge is -2.34. The highest BCUT2D eigenvalue weighted by atomic mass is 32.2. The summed E-state index contributed by atoms with van der Waals surface area (Å²) in [6.45, 7) is 0.818. The molecule has 1 fully saturated rings. The number of aromatic nitrogens is 2. The molecule has 1 aromatic heterocycles. The van der Waals surface area contributed by atoms with Crippen molar-refractivity contribution in [1.82, 2.24) is 14.4 Å². The number of ether oxygens (including phenoxy) is 3. The van der Waals surface area contributed by atoms with Crippen molar-refractivity contribution in [1.29, 1.82) is 0 Å². The summed E-state index contributed by atoms with van der Waals surface area (Å²) in [6.07, 6.45) is 1.43. The van der Waals surface area contributed by atoms with Crippen LogP contribution < -0.4 is 0 Å². The average Bonchev–Trinajstić information content (AvgIpc) is 3.28. The van der Waals surface area contributed by atoms with Crippen LogP contribution in [-0.4, -0.2) is 69.5 Å². The van der Waals surface area contributed by atoms with E-state index in [1.165, 1.54) is 23.5 Å². The number of aryl methyl sites for hydroxylation is 1. The average molecular weight is 454 g/mol. The summed E-state index contributed by atoms with van der Waals surface area (Å²) in [7, 11) is 0.887. The largest absolute Gasteiger partial charge is 0.469 e. The molecular weight excluding hydrogens is 426 g/mol. The van der Waals surface area contributed by atoms with Gasteiger partial charge in [0.1, 0.15) is 0 Å². The SMILES string of the molecule is COC(=O)CCc1nc(-c2ccc(S(=O)(=O)N3CCC(C(OC)OC)CC3)cc2)no1. The number of rotatable bonds is 9. The van der Waals surface area contributed by atoms with Gasteiger partial charge in [-0.25, -0.2) is 8.42 Å². The molecule has 2 aromatic rings. The number of carbonyl (C=O) groups excluding carboxylic acids is 1. The van der Waals surface area contributed by atoms with E-state index in [9.17, 15) is 13.2 Å². The third kappa shape index (κ3) is 5.48. The molecule has 0 radical (unpaired) electrons. The van der Waals surface area contributed by atoms with Crippen LogP contribution in [0.25, 0.3) is 11.4 Å². The van der Waals surface area contributed by atoms with E-state index < -0.39 is 10.0 Å². The molecule has 11 heteroatoms. The minimum atomic E-state index is -3.60. The molecule has 2 heterocycles. The van der Waals surface area contributed by atoms with Gasteiger partial charge in [-0.15, -0.1) is 0 Å². The second kappa shape index (κ2) is 10.3. The molecule has 10 nitrogen and oxygen atoms in total. The number of esters is 1. The van der Waals surface area contributed by atoms with Gasteiger partial charge in [-0.05, 0) is 37.1 Å². The fraction of sp³-hybridized carbons (Fsp3) is 0.550. The van der Waals surface area contributed by atoms with Crippen LogP contribution >= 0.6 is 0 Å². The first kappa shape index (κ1) is 23.3. The lowest BCUT2D eigenvalue weighted by atomic mass is 9.97. The number of sulfonamides is 1. The van der Waals surface area contributed by atoms with Crippen LogP contribution in [0.2, 0.25) is 0 Å². The Morgan fingerprint density at radius 1 is 1.16 bits per heavy atom. The van der Waals surface area contributed by atoms with Crippen molar-refractivity contribution in [3.05, 3.63) is 30.2 Å². The van der Waals surface area contributed by atoms with Gasteiger partial charge in [0.2, 0.25) is 21.7 Å². The standard InChI is InChI=1S/C20H27N3O7S/c1-27-18(24)9-8-17-21-19(22-30-17)14-4-6-16(7-5-14)31(25,26)23-12-10-15(11-13-23)20(28-2)29-3/h4-7,15,20H,8-13H2,1-3H3. The Kier molecular flexibility index (Phi) is 7.76. The fourth-order valence-corrected chi connectivity index (χ4v) is 5.05. The number of benzene rings is 1. The van der Waals surface area contributed by atoms with Crippen molar-refractivity contribution >= 4 is 16.0 Å². The molecule has 1 aliphatic heterocycles. The van der Waals surface area contributed by atoms with Gasteiger partial charge < -0.3 is 18.7 Å². The second-order valence-electron chi connectivity index (χ2n) is 7.19. The van der Waals surface area contributed by atoms with Gasteiger partial charge in [-0.2, -0.15) is 9.29 Å². The normalized spacial score (nSPS) is 16.0. The molecule has 0 saturated carbocycles. The zero-order valence-corrected chi connectivity index (χ0v) is 18.6. The van der Waals surface area contributed by atoms with Crippen molar-refractivity contribution in [3.8, 4) is 11.4 Å². The van der Waals surface area contributed by atoms with E-state index in [4.69, 9.17) is 14.0 Å². The minimum absolute atomic E-state index is 0.140. The maximum Gasteiger partial charge on any atom is 0.306 e. The first-order valence-corrected chi connectivity index (χ1v) is 11.4. The Labute approximate surface area is 181 Å². The Morgan fingerprint density at radius 3 is 2.39 bits per heavy atom. The van der Waals surface area contributed by atoms with Crippen LogP contribution in [0.15, 0.2) is 33.7 Å². The zero-order chi connectivity index (χ0) is 22.4. The van der Waals surface area contributed by atoms with E-state index in [-0.39, 0.29) is 35.9 Å². The highest BCUT2D eigenvalue weighted by Gasteiger charge is 2.32. The fourth-order valence-electron chi connectivity index (χ4n) is 3.58. The molecule has 0 spiro atoms. The van der Waals surface area contributed by atoms with Crippen LogP contribution in [0.4, 0.5) is 0 Å². The van der Waals surface area contributed by atoms with Crippen molar-refractivity contribution in [3.63, 3.8) is 0 Å². The smallest absolute Gasteiger partial charge is 0.306 e. The van der Waals surface area contributed by atoms with E-state index >= 15 is 0 Å². The van der Waals surface area contributed by atoms with Gasteiger partial charge in [-0.1, -0.05) is 5.16 Å². The van der Waals surface area contributed by atoms with Gasteiger partial charge in [0.25, 0.3) is 0 Å². The lowest BCUT2D eigenvalue weighted by Crippen LogP contribution is -2.42. The van der Waals surface area contributed by atoms with Crippen molar-refractivity contribution < 1.29 is 31.9 Å². The molecule has 1 aromatic carbocycles. The van der Waals surface area contributed by atoms with Crippen LogP contribution in [0, 0.1) is 5.92 Å². The predicted octanol–water partition coefficient (Wildman–Crippen LogP) is 1.86. The Bertz CT molecular complexity index is 963. The number of piperidine rings is 1. The first-order chi connectivity index (χ1) is 14.9. The van der Waals surface area contributed by atoms with E-state index in [1.807, 2.05) is 0 Å². The third-order valence-electron chi connectivity index (χ3n) is 5.34. The number of carbonyl (C=O) groups is 1. The quantitative estimate of drug-likeness (QED) is 0.414. The maximum absolute atomic E-state index is 13.0. The summed E-state index contributed by atoms with van der Waals surface area (Å²) < 4.78 is 47.8. The molecule has 0 atom stereocenters. The van der Waals surface area contributed by atoms with E-state index in [0.717, 1.165) is 0 Å². The zero-order valence-electron chi connectivity index (χ0n) is 17.8. The van der Waals surface area contributed by atoms with Gasteiger partial charge in [0.05, 0.1) is 18.4 Å². The van der Waals surface area contributed by atoms with E-state index in [1.54, 1.807) is 26.4 Å². The molecular formula is C20H27N3O7S. The Hall–Kier alpha value is -2.34. The number of nitrogens with zero attached hydrogens (tertiary/aromatic N) is 3. The van der Waals surface area contributed by atoms with Crippen LogP contribution in [-0.2, 0) is 35.4 Å². The second-order valence-corrected chi connectivity index (χ2v) is 9.13. The summed E-state index contributed by atoms with van der Waals surface area (Å²) in [5.41, 5.74) is 0.619. The van der Waals surface area contributed by atoms with E-state index in [0.29, 0.717) is 43.2 Å². The lowest BCUT2D eigenvalue weighted by molar-refractivity contribution is -0.144. The minimum Gasteiger partial charge on any atom is -0.469 e. The molecule has 1 aliphatic rings. The van der Waals surface area contributed by atoms with Gasteiger partial charge in [-0.3, -0.25) is 4.79 Å². The molecule has 0 bridgehead atoms. The monoisotopic (exact) mass is 453 g/mol. The summed E-state index contributed by atoms with van der Waals surface area (Å²) in [5, 5.41) is 3.89. The molecule has 170 valence electrons. The highest BCUT2D eigenvalue weighted by molar-refractivity contribution is 7.89. The highest BCUT2D eigenvalue weighted by Crippen LogP contribution is 2.28. The van der Waals surface area contributed by atoms with E-state index in [2.05, 4.69) is 14.9 Å². The van der Waals surface area contributed by atoms with Crippen LogP contribution in [0.5, 0.6) is 0 Å². The molecule has 1 saturated heterocycles. The van der Waals surface area contributed by atoms with Crippen molar-refractivity contribution in [2.24, 2.45) is 5.92 Å².